The molecule has 3 atom stereocenters. The molecule has 0 bridgehead atoms. The van der Waals surface area contributed by atoms with E-state index < -0.39 is 11.9 Å². The van der Waals surface area contributed by atoms with Crippen molar-refractivity contribution in [1.82, 2.24) is 0 Å². The molecule has 4 nitrogen and oxygen atoms in total. The Bertz CT molecular complexity index is 620. The number of carbonyl (C=O) groups is 2. The van der Waals surface area contributed by atoms with Crippen LogP contribution in [0, 0.1) is 31.6 Å². The van der Waals surface area contributed by atoms with Gasteiger partial charge >= 0.3 is 11.9 Å². The number of aryl methyl sites for hydroxylation is 2. The average Bonchev–Trinajstić information content (AvgIpc) is 2.52. The van der Waals surface area contributed by atoms with Crippen LogP contribution in [0.25, 0.3) is 0 Å². The lowest BCUT2D eigenvalue weighted by molar-refractivity contribution is -0.159. The Morgan fingerprint density at radius 2 is 1.92 bits per heavy atom. The summed E-state index contributed by atoms with van der Waals surface area (Å²) in [5, 5.41) is 0. The Hall–Kier alpha value is -1.84. The molecule has 0 amide bonds. The lowest BCUT2D eigenvalue weighted by Crippen LogP contribution is -2.36. The van der Waals surface area contributed by atoms with Crippen molar-refractivity contribution in [1.29, 1.82) is 0 Å². The molecule has 138 valence electrons. The predicted octanol–water partition coefficient (Wildman–Crippen LogP) is 4.46. The van der Waals surface area contributed by atoms with Crippen molar-refractivity contribution in [2.45, 2.75) is 60.0 Å². The maximum Gasteiger partial charge on any atom is 0.344 e. The molecule has 1 saturated carbocycles. The highest BCUT2D eigenvalue weighted by Crippen LogP contribution is 2.35. The van der Waals surface area contributed by atoms with Gasteiger partial charge < -0.3 is 9.47 Å². The molecule has 1 aromatic carbocycles. The molecule has 25 heavy (non-hydrogen) atoms. The summed E-state index contributed by atoms with van der Waals surface area (Å²) in [5.74, 6) is 0.485. The normalized spacial score (nSPS) is 23.4. The first-order valence-corrected chi connectivity index (χ1v) is 9.21. The van der Waals surface area contributed by atoms with Crippen LogP contribution in [0.4, 0.5) is 0 Å². The first-order valence-electron chi connectivity index (χ1n) is 9.21. The Morgan fingerprint density at radius 3 is 2.56 bits per heavy atom. The van der Waals surface area contributed by atoms with E-state index in [1.807, 2.05) is 26.0 Å². The van der Waals surface area contributed by atoms with E-state index in [1.54, 1.807) is 6.07 Å². The van der Waals surface area contributed by atoms with Crippen LogP contribution < -0.4 is 0 Å². The molecule has 0 radical (unpaired) electrons. The van der Waals surface area contributed by atoms with E-state index in [4.69, 9.17) is 9.47 Å². The monoisotopic (exact) mass is 346 g/mol. The summed E-state index contributed by atoms with van der Waals surface area (Å²) in [6.07, 6.45) is 3.08. The van der Waals surface area contributed by atoms with Crippen molar-refractivity contribution >= 4 is 11.9 Å². The van der Waals surface area contributed by atoms with Crippen molar-refractivity contribution in [3.05, 3.63) is 34.9 Å². The fourth-order valence-electron chi connectivity index (χ4n) is 3.70. The SMILES string of the molecule is Cc1ccc(C(=O)OCC(=O)O[C@@H]2C[C@@H](C)CC[C@H]2C(C)C)c(C)c1. The van der Waals surface area contributed by atoms with Gasteiger partial charge in [-0.1, -0.05) is 44.9 Å². The van der Waals surface area contributed by atoms with Crippen LogP contribution in [0.2, 0.25) is 0 Å². The van der Waals surface area contributed by atoms with E-state index in [2.05, 4.69) is 20.8 Å². The minimum atomic E-state index is -0.480. The Kier molecular flexibility index (Phi) is 6.63. The lowest BCUT2D eigenvalue weighted by atomic mass is 9.75. The van der Waals surface area contributed by atoms with E-state index in [0.29, 0.717) is 23.3 Å². The summed E-state index contributed by atoms with van der Waals surface area (Å²) >= 11 is 0. The van der Waals surface area contributed by atoms with Crippen LogP contribution >= 0.6 is 0 Å². The number of carbonyl (C=O) groups excluding carboxylic acids is 2. The zero-order valence-corrected chi connectivity index (χ0v) is 16.0. The van der Waals surface area contributed by atoms with Crippen molar-refractivity contribution in [2.24, 2.45) is 17.8 Å². The summed E-state index contributed by atoms with van der Waals surface area (Å²) in [6.45, 7) is 10.0. The minimum Gasteiger partial charge on any atom is -0.460 e. The van der Waals surface area contributed by atoms with Crippen molar-refractivity contribution < 1.29 is 19.1 Å². The highest BCUT2D eigenvalue weighted by molar-refractivity contribution is 5.92. The molecule has 0 N–H and O–H groups in total. The number of hydrogen-bond acceptors (Lipinski definition) is 4. The van der Waals surface area contributed by atoms with Crippen LogP contribution in [-0.2, 0) is 14.3 Å². The fourth-order valence-corrected chi connectivity index (χ4v) is 3.70. The Labute approximate surface area is 150 Å². The third-order valence-corrected chi connectivity index (χ3v) is 5.17. The molecular weight excluding hydrogens is 316 g/mol. The zero-order chi connectivity index (χ0) is 18.6. The van der Waals surface area contributed by atoms with Gasteiger partial charge in [-0.25, -0.2) is 9.59 Å². The second-order valence-electron chi connectivity index (χ2n) is 7.75. The third kappa shape index (κ3) is 5.32. The second-order valence-corrected chi connectivity index (χ2v) is 7.75. The molecule has 1 aliphatic carbocycles. The summed E-state index contributed by atoms with van der Waals surface area (Å²) in [4.78, 5) is 24.3. The van der Waals surface area contributed by atoms with Crippen LogP contribution in [-0.4, -0.2) is 24.6 Å². The molecule has 1 aliphatic rings. The Balaban J connectivity index is 1.90. The van der Waals surface area contributed by atoms with Crippen LogP contribution in [0.1, 0.15) is 61.5 Å². The fraction of sp³-hybridized carbons (Fsp3) is 0.619. The van der Waals surface area contributed by atoms with Gasteiger partial charge in [0.2, 0.25) is 0 Å². The van der Waals surface area contributed by atoms with E-state index in [-0.39, 0.29) is 12.7 Å². The maximum atomic E-state index is 12.2. The summed E-state index contributed by atoms with van der Waals surface area (Å²) in [5.41, 5.74) is 2.42. The minimum absolute atomic E-state index is 0.0731. The molecule has 1 aromatic rings. The first kappa shape index (κ1) is 19.5. The standard InChI is InChI=1S/C21H30O4/c1-13(2)17-8-6-15(4)11-19(17)25-20(22)12-24-21(23)18-9-7-14(3)10-16(18)5/h7,9-10,13,15,17,19H,6,8,11-12H2,1-5H3/t15-,17-,19+/m0/s1. The largest absolute Gasteiger partial charge is 0.460 e. The van der Waals surface area contributed by atoms with Gasteiger partial charge in [-0.2, -0.15) is 0 Å². The van der Waals surface area contributed by atoms with Gasteiger partial charge in [0.25, 0.3) is 0 Å². The predicted molar refractivity (Wildman–Crippen MR) is 97.4 cm³/mol. The molecule has 0 heterocycles. The third-order valence-electron chi connectivity index (χ3n) is 5.17. The number of esters is 2. The highest BCUT2D eigenvalue weighted by atomic mass is 16.6. The van der Waals surface area contributed by atoms with Crippen molar-refractivity contribution in [3.8, 4) is 0 Å². The molecule has 1 fully saturated rings. The van der Waals surface area contributed by atoms with E-state index in [9.17, 15) is 9.59 Å². The number of ether oxygens (including phenoxy) is 2. The highest BCUT2D eigenvalue weighted by Gasteiger charge is 2.33. The second kappa shape index (κ2) is 8.50. The van der Waals surface area contributed by atoms with Gasteiger partial charge in [0.1, 0.15) is 6.10 Å². The average molecular weight is 346 g/mol. The smallest absolute Gasteiger partial charge is 0.344 e. The molecule has 0 unspecified atom stereocenters. The zero-order valence-electron chi connectivity index (χ0n) is 16.0. The maximum absolute atomic E-state index is 12.2. The summed E-state index contributed by atoms with van der Waals surface area (Å²) in [7, 11) is 0. The van der Waals surface area contributed by atoms with Gasteiger partial charge in [-0.05, 0) is 56.1 Å². The van der Waals surface area contributed by atoms with Gasteiger partial charge in [0, 0.05) is 0 Å². The summed E-state index contributed by atoms with van der Waals surface area (Å²) in [6, 6.07) is 5.51. The molecular formula is C21H30O4. The van der Waals surface area contributed by atoms with Gasteiger partial charge in [0.05, 0.1) is 5.56 Å². The van der Waals surface area contributed by atoms with Gasteiger partial charge in [-0.15, -0.1) is 0 Å². The number of rotatable bonds is 5. The molecule has 0 spiro atoms. The quantitative estimate of drug-likeness (QED) is 0.739. The first-order chi connectivity index (χ1) is 11.8. The van der Waals surface area contributed by atoms with E-state index in [0.717, 1.165) is 24.0 Å². The molecule has 0 aromatic heterocycles. The molecule has 0 aliphatic heterocycles. The topological polar surface area (TPSA) is 52.6 Å². The van der Waals surface area contributed by atoms with E-state index >= 15 is 0 Å². The van der Waals surface area contributed by atoms with Gasteiger partial charge in [-0.3, -0.25) is 0 Å². The Morgan fingerprint density at radius 1 is 1.20 bits per heavy atom. The van der Waals surface area contributed by atoms with E-state index in [1.165, 1.54) is 6.42 Å². The lowest BCUT2D eigenvalue weighted by Gasteiger charge is -2.36. The molecule has 0 saturated heterocycles. The van der Waals surface area contributed by atoms with Crippen molar-refractivity contribution in [3.63, 3.8) is 0 Å². The number of benzene rings is 1. The van der Waals surface area contributed by atoms with Crippen molar-refractivity contribution in [2.75, 3.05) is 6.61 Å². The summed E-state index contributed by atoms with van der Waals surface area (Å²) < 4.78 is 10.8. The van der Waals surface area contributed by atoms with Crippen LogP contribution in [0.5, 0.6) is 0 Å². The van der Waals surface area contributed by atoms with Gasteiger partial charge in [0.15, 0.2) is 6.61 Å². The molecule has 2 rings (SSSR count). The van der Waals surface area contributed by atoms with Crippen LogP contribution in [0.15, 0.2) is 18.2 Å². The molecule has 4 heteroatoms. The van der Waals surface area contributed by atoms with Crippen LogP contribution in [0.3, 0.4) is 0 Å². The number of hydrogen-bond donors (Lipinski definition) is 0.